The van der Waals surface area contributed by atoms with Gasteiger partial charge in [-0.1, -0.05) is 20.3 Å². The average molecular weight is 335 g/mol. The molecular weight excluding hydrogens is 306 g/mol. The zero-order chi connectivity index (χ0) is 18.1. The lowest BCUT2D eigenvalue weighted by Crippen LogP contribution is -2.37. The quantitative estimate of drug-likeness (QED) is 0.683. The topological polar surface area (TPSA) is 81.7 Å². The van der Waals surface area contributed by atoms with Crippen LogP contribution in [0.2, 0.25) is 0 Å². The number of anilines is 1. The van der Waals surface area contributed by atoms with E-state index in [0.29, 0.717) is 24.3 Å². The SMILES string of the molecule is CCC(C)C(O)CNC(=O)Nc1ccc(C(=O)N(CC)CC)cc1. The molecule has 0 aliphatic carbocycles. The molecule has 6 nitrogen and oxygen atoms in total. The highest BCUT2D eigenvalue weighted by atomic mass is 16.3. The van der Waals surface area contributed by atoms with Crippen LogP contribution in [0.4, 0.5) is 10.5 Å². The van der Waals surface area contributed by atoms with Crippen molar-refractivity contribution >= 4 is 17.6 Å². The highest BCUT2D eigenvalue weighted by Crippen LogP contribution is 2.12. The number of hydrogen-bond donors (Lipinski definition) is 3. The maximum absolute atomic E-state index is 12.2. The molecule has 3 amide bonds. The Balaban J connectivity index is 2.55. The summed E-state index contributed by atoms with van der Waals surface area (Å²) < 4.78 is 0. The minimum Gasteiger partial charge on any atom is -0.391 e. The fraction of sp³-hybridized carbons (Fsp3) is 0.556. The molecule has 0 saturated carbocycles. The molecule has 1 aromatic rings. The number of aliphatic hydroxyl groups excluding tert-OH is 1. The molecule has 0 saturated heterocycles. The van der Waals surface area contributed by atoms with Crippen molar-refractivity contribution in [1.29, 1.82) is 0 Å². The Bertz CT molecular complexity index is 527. The Morgan fingerprint density at radius 1 is 1.12 bits per heavy atom. The molecule has 0 fully saturated rings. The monoisotopic (exact) mass is 335 g/mol. The fourth-order valence-corrected chi connectivity index (χ4v) is 2.24. The first kappa shape index (κ1) is 20.0. The van der Waals surface area contributed by atoms with Gasteiger partial charge in [0.05, 0.1) is 6.10 Å². The van der Waals surface area contributed by atoms with Gasteiger partial charge in [0, 0.05) is 30.9 Å². The first-order valence-electron chi connectivity index (χ1n) is 8.55. The number of amides is 3. The van der Waals surface area contributed by atoms with E-state index in [0.717, 1.165) is 6.42 Å². The largest absolute Gasteiger partial charge is 0.391 e. The zero-order valence-corrected chi connectivity index (χ0v) is 15.0. The lowest BCUT2D eigenvalue weighted by Gasteiger charge is -2.19. The van der Waals surface area contributed by atoms with Gasteiger partial charge < -0.3 is 20.6 Å². The maximum atomic E-state index is 12.2. The number of benzene rings is 1. The van der Waals surface area contributed by atoms with Crippen LogP contribution in [0, 0.1) is 5.92 Å². The van der Waals surface area contributed by atoms with Gasteiger partial charge in [-0.2, -0.15) is 0 Å². The molecule has 1 aromatic carbocycles. The molecule has 0 aliphatic heterocycles. The molecule has 0 aromatic heterocycles. The Morgan fingerprint density at radius 3 is 2.21 bits per heavy atom. The van der Waals surface area contributed by atoms with Gasteiger partial charge in [0.1, 0.15) is 0 Å². The van der Waals surface area contributed by atoms with Crippen molar-refractivity contribution < 1.29 is 14.7 Å². The van der Waals surface area contributed by atoms with E-state index in [4.69, 9.17) is 0 Å². The lowest BCUT2D eigenvalue weighted by molar-refractivity contribution is 0.0773. The zero-order valence-electron chi connectivity index (χ0n) is 15.0. The third kappa shape index (κ3) is 5.85. The predicted molar refractivity (Wildman–Crippen MR) is 96.2 cm³/mol. The van der Waals surface area contributed by atoms with Crippen molar-refractivity contribution in [2.75, 3.05) is 25.0 Å². The van der Waals surface area contributed by atoms with Crippen molar-refractivity contribution in [3.63, 3.8) is 0 Å². The Morgan fingerprint density at radius 2 is 1.71 bits per heavy atom. The molecule has 0 spiro atoms. The van der Waals surface area contributed by atoms with Gasteiger partial charge in [0.25, 0.3) is 5.91 Å². The molecular formula is C18H29N3O3. The molecule has 3 N–H and O–H groups in total. The molecule has 2 unspecified atom stereocenters. The molecule has 134 valence electrons. The molecule has 0 heterocycles. The van der Waals surface area contributed by atoms with Crippen molar-refractivity contribution in [2.24, 2.45) is 5.92 Å². The van der Waals surface area contributed by atoms with Crippen molar-refractivity contribution in [3.8, 4) is 0 Å². The number of nitrogens with zero attached hydrogens (tertiary/aromatic N) is 1. The normalized spacial score (nSPS) is 13.0. The molecule has 2 atom stereocenters. The number of carbonyl (C=O) groups excluding carboxylic acids is 2. The van der Waals surface area contributed by atoms with Gasteiger partial charge in [-0.25, -0.2) is 4.79 Å². The van der Waals surface area contributed by atoms with Crippen LogP contribution in [0.15, 0.2) is 24.3 Å². The van der Waals surface area contributed by atoms with Gasteiger partial charge >= 0.3 is 6.03 Å². The van der Waals surface area contributed by atoms with Gasteiger partial charge in [-0.15, -0.1) is 0 Å². The van der Waals surface area contributed by atoms with E-state index >= 15 is 0 Å². The summed E-state index contributed by atoms with van der Waals surface area (Å²) in [7, 11) is 0. The van der Waals surface area contributed by atoms with Crippen LogP contribution in [0.3, 0.4) is 0 Å². The van der Waals surface area contributed by atoms with E-state index in [1.54, 1.807) is 29.2 Å². The van der Waals surface area contributed by atoms with Crippen LogP contribution in [0.5, 0.6) is 0 Å². The van der Waals surface area contributed by atoms with Gasteiger partial charge in [-0.3, -0.25) is 4.79 Å². The molecule has 0 aliphatic rings. The van der Waals surface area contributed by atoms with Crippen molar-refractivity contribution in [2.45, 2.75) is 40.2 Å². The van der Waals surface area contributed by atoms with E-state index in [9.17, 15) is 14.7 Å². The Hall–Kier alpha value is -2.08. The second-order valence-electron chi connectivity index (χ2n) is 5.84. The summed E-state index contributed by atoms with van der Waals surface area (Å²) in [6.45, 7) is 9.35. The number of aliphatic hydroxyl groups is 1. The Kier molecular flexibility index (Phi) is 8.26. The number of rotatable bonds is 8. The van der Waals surface area contributed by atoms with E-state index in [1.165, 1.54) is 0 Å². The third-order valence-corrected chi connectivity index (χ3v) is 4.21. The van der Waals surface area contributed by atoms with Crippen LogP contribution in [-0.2, 0) is 0 Å². The smallest absolute Gasteiger partial charge is 0.319 e. The highest BCUT2D eigenvalue weighted by Gasteiger charge is 2.14. The molecule has 6 heteroatoms. The van der Waals surface area contributed by atoms with Gasteiger partial charge in [0.15, 0.2) is 0 Å². The predicted octanol–water partition coefficient (Wildman–Crippen LogP) is 2.70. The first-order chi connectivity index (χ1) is 11.4. The molecule has 0 bridgehead atoms. The summed E-state index contributed by atoms with van der Waals surface area (Å²) in [6.07, 6.45) is 0.293. The number of carbonyl (C=O) groups is 2. The fourth-order valence-electron chi connectivity index (χ4n) is 2.24. The third-order valence-electron chi connectivity index (χ3n) is 4.21. The summed E-state index contributed by atoms with van der Waals surface area (Å²) in [5, 5.41) is 15.2. The number of hydrogen-bond acceptors (Lipinski definition) is 3. The van der Waals surface area contributed by atoms with Gasteiger partial charge in [-0.05, 0) is 44.0 Å². The van der Waals surface area contributed by atoms with Crippen LogP contribution in [0.25, 0.3) is 0 Å². The molecule has 24 heavy (non-hydrogen) atoms. The summed E-state index contributed by atoms with van der Waals surface area (Å²) >= 11 is 0. The highest BCUT2D eigenvalue weighted by molar-refractivity contribution is 5.95. The lowest BCUT2D eigenvalue weighted by atomic mass is 10.0. The van der Waals surface area contributed by atoms with E-state index in [-0.39, 0.29) is 24.4 Å². The second-order valence-corrected chi connectivity index (χ2v) is 5.84. The molecule has 0 radical (unpaired) electrons. The summed E-state index contributed by atoms with van der Waals surface area (Å²) in [5.74, 6) is 0.114. The maximum Gasteiger partial charge on any atom is 0.319 e. The minimum atomic E-state index is -0.560. The van der Waals surface area contributed by atoms with Crippen LogP contribution < -0.4 is 10.6 Å². The van der Waals surface area contributed by atoms with Crippen molar-refractivity contribution in [3.05, 3.63) is 29.8 Å². The Labute approximate surface area is 144 Å². The van der Waals surface area contributed by atoms with Crippen LogP contribution >= 0.6 is 0 Å². The summed E-state index contributed by atoms with van der Waals surface area (Å²) in [5.41, 5.74) is 1.19. The minimum absolute atomic E-state index is 0.0207. The summed E-state index contributed by atoms with van der Waals surface area (Å²) in [4.78, 5) is 25.8. The van der Waals surface area contributed by atoms with Crippen LogP contribution in [-0.4, -0.2) is 47.7 Å². The van der Waals surface area contributed by atoms with E-state index < -0.39 is 6.10 Å². The number of urea groups is 1. The average Bonchev–Trinajstić information content (AvgIpc) is 2.60. The number of nitrogens with one attached hydrogen (secondary N) is 2. The van der Waals surface area contributed by atoms with E-state index in [1.807, 2.05) is 27.7 Å². The van der Waals surface area contributed by atoms with Crippen molar-refractivity contribution in [1.82, 2.24) is 10.2 Å². The van der Waals surface area contributed by atoms with E-state index in [2.05, 4.69) is 10.6 Å². The molecule has 1 rings (SSSR count). The first-order valence-corrected chi connectivity index (χ1v) is 8.55. The second kappa shape index (κ2) is 9.93. The standard InChI is InChI=1S/C18H29N3O3/c1-5-13(4)16(22)12-19-18(24)20-15-10-8-14(9-11-15)17(23)21(6-2)7-3/h8-11,13,16,22H,5-7,12H2,1-4H3,(H2,19,20,24). The van der Waals surface area contributed by atoms with Gasteiger partial charge in [0.2, 0.25) is 0 Å². The van der Waals surface area contributed by atoms with Crippen LogP contribution in [0.1, 0.15) is 44.5 Å². The summed E-state index contributed by atoms with van der Waals surface area (Å²) in [6, 6.07) is 6.41.